The van der Waals surface area contributed by atoms with Crippen LogP contribution >= 0.6 is 0 Å². The van der Waals surface area contributed by atoms with Gasteiger partial charge in [-0.05, 0) is 29.9 Å². The van der Waals surface area contributed by atoms with Crippen molar-refractivity contribution in [2.75, 3.05) is 13.1 Å². The summed E-state index contributed by atoms with van der Waals surface area (Å²) in [5, 5.41) is 8.99. The van der Waals surface area contributed by atoms with Crippen LogP contribution in [0.2, 0.25) is 0 Å². The molecule has 1 aromatic rings. The lowest BCUT2D eigenvalue weighted by atomic mass is 9.86. The minimum Gasteiger partial charge on any atom is -0.465 e. The smallest absolute Gasteiger partial charge is 0.407 e. The zero-order chi connectivity index (χ0) is 16.1. The maximum Gasteiger partial charge on any atom is 0.407 e. The van der Waals surface area contributed by atoms with E-state index in [-0.39, 0.29) is 12.0 Å². The molecule has 1 aliphatic rings. The van der Waals surface area contributed by atoms with Gasteiger partial charge in [-0.3, -0.25) is 4.55 Å². The largest absolute Gasteiger partial charge is 0.465 e. The molecule has 2 unspecified atom stereocenters. The lowest BCUT2D eigenvalue weighted by Gasteiger charge is -2.34. The van der Waals surface area contributed by atoms with E-state index in [4.69, 9.17) is 10.8 Å². The third-order valence-corrected chi connectivity index (χ3v) is 4.54. The van der Waals surface area contributed by atoms with Gasteiger partial charge in [0.15, 0.2) is 0 Å². The predicted molar refractivity (Wildman–Crippen MR) is 83.3 cm³/mol. The summed E-state index contributed by atoms with van der Waals surface area (Å²) in [6.07, 6.45) is 0.389. The lowest BCUT2D eigenvalue weighted by Crippen LogP contribution is -2.41. The molecular formula is C14H21N3O4S. The van der Waals surface area contributed by atoms with Gasteiger partial charge in [0, 0.05) is 25.7 Å². The monoisotopic (exact) mass is 327 g/mol. The molecule has 0 aromatic heterocycles. The highest BCUT2D eigenvalue weighted by atomic mass is 32.2. The Hall–Kier alpha value is -1.48. The molecule has 22 heavy (non-hydrogen) atoms. The van der Waals surface area contributed by atoms with E-state index in [1.54, 1.807) is 0 Å². The molecule has 0 aliphatic carbocycles. The summed E-state index contributed by atoms with van der Waals surface area (Å²) in [7, 11) is 0. The standard InChI is InChI=1S/C14H21N3O4S/c15-9-10-1-3-11(4-2-10)13(16-22(20)21)12-5-7-17(8-6-12)14(18)19/h1-4,12-13,16H,5-9,15H2,(H,18,19)(H,20,21). The molecule has 8 heteroatoms. The number of amides is 1. The van der Waals surface area contributed by atoms with Crippen molar-refractivity contribution in [1.29, 1.82) is 0 Å². The van der Waals surface area contributed by atoms with Gasteiger partial charge in [-0.2, -0.15) is 0 Å². The molecule has 5 N–H and O–H groups in total. The number of hydrogen-bond donors (Lipinski definition) is 4. The SMILES string of the molecule is NCc1ccc(C(NS(=O)O)C2CCN(C(=O)O)CC2)cc1. The van der Waals surface area contributed by atoms with E-state index < -0.39 is 17.4 Å². The molecule has 1 aromatic carbocycles. The minimum atomic E-state index is -2.13. The van der Waals surface area contributed by atoms with E-state index in [1.807, 2.05) is 24.3 Å². The Balaban J connectivity index is 2.12. The third-order valence-electron chi connectivity index (χ3n) is 4.08. The fourth-order valence-electron chi connectivity index (χ4n) is 2.83. The molecule has 1 aliphatic heterocycles. The van der Waals surface area contributed by atoms with Crippen molar-refractivity contribution >= 4 is 17.4 Å². The third kappa shape index (κ3) is 4.26. The van der Waals surface area contributed by atoms with Crippen LogP contribution in [-0.2, 0) is 17.8 Å². The molecule has 0 bridgehead atoms. The molecule has 0 saturated carbocycles. The first-order valence-electron chi connectivity index (χ1n) is 7.15. The summed E-state index contributed by atoms with van der Waals surface area (Å²) in [6, 6.07) is 7.31. The minimum absolute atomic E-state index is 0.107. The van der Waals surface area contributed by atoms with Gasteiger partial charge in [-0.15, -0.1) is 0 Å². The number of nitrogens with one attached hydrogen (secondary N) is 1. The zero-order valence-electron chi connectivity index (χ0n) is 12.1. The number of hydrogen-bond acceptors (Lipinski definition) is 3. The molecular weight excluding hydrogens is 306 g/mol. The van der Waals surface area contributed by atoms with Crippen molar-refractivity contribution in [2.45, 2.75) is 25.4 Å². The number of likely N-dealkylation sites (tertiary alicyclic amines) is 1. The van der Waals surface area contributed by atoms with Crippen molar-refractivity contribution in [1.82, 2.24) is 9.62 Å². The molecule has 2 atom stereocenters. The number of carbonyl (C=O) groups is 1. The second-order valence-corrected chi connectivity index (χ2v) is 6.13. The maximum absolute atomic E-state index is 11.2. The van der Waals surface area contributed by atoms with Gasteiger partial charge in [0.1, 0.15) is 0 Å². The van der Waals surface area contributed by atoms with E-state index in [9.17, 15) is 13.6 Å². The summed E-state index contributed by atoms with van der Waals surface area (Å²) in [5.74, 6) is 0.107. The first-order valence-corrected chi connectivity index (χ1v) is 8.25. The average Bonchev–Trinajstić information content (AvgIpc) is 2.53. The van der Waals surface area contributed by atoms with Crippen LogP contribution in [0.3, 0.4) is 0 Å². The molecule has 7 nitrogen and oxygen atoms in total. The predicted octanol–water partition coefficient (Wildman–Crippen LogP) is 1.30. The Morgan fingerprint density at radius 3 is 2.41 bits per heavy atom. The Labute approximate surface area is 131 Å². The highest BCUT2D eigenvalue weighted by Gasteiger charge is 2.30. The van der Waals surface area contributed by atoms with Gasteiger partial charge in [0.05, 0.1) is 0 Å². The molecule has 2 rings (SSSR count). The number of benzene rings is 1. The van der Waals surface area contributed by atoms with Crippen LogP contribution in [0.4, 0.5) is 4.79 Å². The van der Waals surface area contributed by atoms with Crippen molar-refractivity contribution in [3.63, 3.8) is 0 Å². The number of piperidine rings is 1. The maximum atomic E-state index is 11.2. The fraction of sp³-hybridized carbons (Fsp3) is 0.500. The molecule has 0 spiro atoms. The summed E-state index contributed by atoms with van der Waals surface area (Å²) in [5.41, 5.74) is 7.48. The molecule has 0 radical (unpaired) electrons. The number of nitrogens with zero attached hydrogens (tertiary/aromatic N) is 1. The lowest BCUT2D eigenvalue weighted by molar-refractivity contribution is 0.118. The van der Waals surface area contributed by atoms with Gasteiger partial charge < -0.3 is 15.7 Å². The summed E-state index contributed by atoms with van der Waals surface area (Å²) >= 11 is -2.13. The quantitative estimate of drug-likeness (QED) is 0.608. The van der Waals surface area contributed by atoms with E-state index in [0.717, 1.165) is 11.1 Å². The van der Waals surface area contributed by atoms with Gasteiger partial charge in [-0.25, -0.2) is 13.7 Å². The van der Waals surface area contributed by atoms with Crippen LogP contribution < -0.4 is 10.5 Å². The summed E-state index contributed by atoms with van der Waals surface area (Å²) in [6.45, 7) is 1.33. The van der Waals surface area contributed by atoms with Crippen molar-refractivity contribution < 1.29 is 18.7 Å². The van der Waals surface area contributed by atoms with Crippen LogP contribution in [0, 0.1) is 5.92 Å². The second-order valence-electron chi connectivity index (χ2n) is 5.40. The first kappa shape index (κ1) is 16.9. The van der Waals surface area contributed by atoms with Crippen molar-refractivity contribution in [3.05, 3.63) is 35.4 Å². The van der Waals surface area contributed by atoms with Crippen LogP contribution in [0.15, 0.2) is 24.3 Å². The molecule has 1 heterocycles. The Bertz CT molecular complexity index is 529. The van der Waals surface area contributed by atoms with Gasteiger partial charge >= 0.3 is 6.09 Å². The zero-order valence-corrected chi connectivity index (χ0v) is 13.0. The second kappa shape index (κ2) is 7.68. The molecule has 1 saturated heterocycles. The van der Waals surface area contributed by atoms with Gasteiger partial charge in [0.25, 0.3) is 0 Å². The van der Waals surface area contributed by atoms with E-state index in [2.05, 4.69) is 4.72 Å². The van der Waals surface area contributed by atoms with Crippen molar-refractivity contribution in [2.24, 2.45) is 11.7 Å². The first-order chi connectivity index (χ1) is 10.5. The van der Waals surface area contributed by atoms with Gasteiger partial charge in [0.2, 0.25) is 11.3 Å². The topological polar surface area (TPSA) is 116 Å². The molecule has 1 amide bonds. The van der Waals surface area contributed by atoms with E-state index in [1.165, 1.54) is 4.90 Å². The van der Waals surface area contributed by atoms with Crippen LogP contribution in [0.1, 0.15) is 30.0 Å². The Morgan fingerprint density at radius 2 is 1.95 bits per heavy atom. The highest BCUT2D eigenvalue weighted by molar-refractivity contribution is 7.77. The molecule has 122 valence electrons. The van der Waals surface area contributed by atoms with Crippen LogP contribution in [0.25, 0.3) is 0 Å². The summed E-state index contributed by atoms with van der Waals surface area (Å²) < 4.78 is 23.1. The summed E-state index contributed by atoms with van der Waals surface area (Å²) in [4.78, 5) is 12.3. The highest BCUT2D eigenvalue weighted by Crippen LogP contribution is 2.31. The Kier molecular flexibility index (Phi) is 5.90. The average molecular weight is 327 g/mol. The van der Waals surface area contributed by atoms with Crippen LogP contribution in [-0.4, -0.2) is 38.0 Å². The van der Waals surface area contributed by atoms with Crippen LogP contribution in [0.5, 0.6) is 0 Å². The normalized spacial score (nSPS) is 18.9. The number of nitrogens with two attached hydrogens (primary N) is 1. The van der Waals surface area contributed by atoms with Gasteiger partial charge in [-0.1, -0.05) is 24.3 Å². The number of carboxylic acid groups (broad SMARTS) is 1. The van der Waals surface area contributed by atoms with Crippen molar-refractivity contribution in [3.8, 4) is 0 Å². The van der Waals surface area contributed by atoms with E-state index in [0.29, 0.717) is 32.5 Å². The Morgan fingerprint density at radius 1 is 1.36 bits per heavy atom. The number of rotatable bonds is 5. The molecule has 1 fully saturated rings. The van der Waals surface area contributed by atoms with E-state index >= 15 is 0 Å². The fourth-order valence-corrected chi connectivity index (χ4v) is 3.38.